The quantitative estimate of drug-likeness (QED) is 0.729. The molecule has 0 bridgehead atoms. The summed E-state index contributed by atoms with van der Waals surface area (Å²) < 4.78 is 0. The summed E-state index contributed by atoms with van der Waals surface area (Å²) in [7, 11) is 0. The van der Waals surface area contributed by atoms with Gasteiger partial charge in [-0.25, -0.2) is 4.79 Å². The van der Waals surface area contributed by atoms with Crippen molar-refractivity contribution in [2.24, 2.45) is 0 Å². The van der Waals surface area contributed by atoms with Crippen molar-refractivity contribution in [1.29, 1.82) is 0 Å². The van der Waals surface area contributed by atoms with Crippen molar-refractivity contribution in [2.75, 3.05) is 13.1 Å². The van der Waals surface area contributed by atoms with E-state index in [1.54, 1.807) is 0 Å². The summed E-state index contributed by atoms with van der Waals surface area (Å²) in [5.74, 6) is 0. The van der Waals surface area contributed by atoms with Gasteiger partial charge in [-0.1, -0.05) is 18.2 Å². The van der Waals surface area contributed by atoms with Crippen LogP contribution in [-0.2, 0) is 12.8 Å². The molecule has 0 spiro atoms. The van der Waals surface area contributed by atoms with Gasteiger partial charge in [0.05, 0.1) is 0 Å². The lowest BCUT2D eigenvalue weighted by atomic mass is 10.1. The molecule has 0 saturated heterocycles. The highest BCUT2D eigenvalue weighted by atomic mass is 16.4. The molecular weight excluding hydrogens is 216 g/mol. The topological polar surface area (TPSA) is 56.3 Å². The Hall–Kier alpha value is -1.97. The molecule has 0 radical (unpaired) electrons. The molecule has 1 amide bonds. The number of hydrogen-bond acceptors (Lipinski definition) is 1. The van der Waals surface area contributed by atoms with Crippen LogP contribution < -0.4 is 0 Å². The molecule has 1 aliphatic rings. The normalized spacial score (nSPS) is 15.6. The Labute approximate surface area is 98.9 Å². The fraction of sp³-hybridized carbons (Fsp3) is 0.308. The molecule has 2 heterocycles. The Bertz CT molecular complexity index is 574. The maximum absolute atomic E-state index is 11.0. The third-order valence-corrected chi connectivity index (χ3v) is 3.44. The van der Waals surface area contributed by atoms with Crippen LogP contribution >= 0.6 is 0 Å². The van der Waals surface area contributed by atoms with E-state index in [1.807, 2.05) is 12.1 Å². The highest BCUT2D eigenvalue weighted by Gasteiger charge is 2.20. The van der Waals surface area contributed by atoms with Crippen LogP contribution in [0.3, 0.4) is 0 Å². The number of aromatic nitrogens is 1. The van der Waals surface area contributed by atoms with Crippen molar-refractivity contribution >= 4 is 17.0 Å². The molecule has 0 unspecified atom stereocenters. The summed E-state index contributed by atoms with van der Waals surface area (Å²) in [5, 5.41) is 10.2. The summed E-state index contributed by atoms with van der Waals surface area (Å²) in [4.78, 5) is 15.8. The van der Waals surface area contributed by atoms with E-state index in [2.05, 4.69) is 17.1 Å². The molecule has 0 atom stereocenters. The minimum Gasteiger partial charge on any atom is -0.465 e. The van der Waals surface area contributed by atoms with Gasteiger partial charge in [0.1, 0.15) is 0 Å². The average molecular weight is 230 g/mol. The molecule has 2 N–H and O–H groups in total. The van der Waals surface area contributed by atoms with E-state index in [-0.39, 0.29) is 0 Å². The van der Waals surface area contributed by atoms with Crippen LogP contribution in [-0.4, -0.2) is 34.2 Å². The molecule has 0 saturated carbocycles. The molecule has 88 valence electrons. The van der Waals surface area contributed by atoms with Crippen LogP contribution in [0.15, 0.2) is 24.3 Å². The first-order chi connectivity index (χ1) is 8.25. The van der Waals surface area contributed by atoms with Gasteiger partial charge in [-0.15, -0.1) is 0 Å². The Morgan fingerprint density at radius 1 is 1.24 bits per heavy atom. The number of rotatable bonds is 0. The van der Waals surface area contributed by atoms with E-state index in [0.29, 0.717) is 13.1 Å². The molecule has 1 aliphatic heterocycles. The Morgan fingerprint density at radius 2 is 2.00 bits per heavy atom. The summed E-state index contributed by atoms with van der Waals surface area (Å²) in [6.45, 7) is 1.17. The summed E-state index contributed by atoms with van der Waals surface area (Å²) in [6, 6.07) is 8.21. The first-order valence-electron chi connectivity index (χ1n) is 5.82. The van der Waals surface area contributed by atoms with E-state index >= 15 is 0 Å². The second kappa shape index (κ2) is 3.80. The smallest absolute Gasteiger partial charge is 0.407 e. The number of nitrogens with one attached hydrogen (secondary N) is 1. The van der Waals surface area contributed by atoms with Gasteiger partial charge in [-0.3, -0.25) is 0 Å². The van der Waals surface area contributed by atoms with Gasteiger partial charge in [0.15, 0.2) is 0 Å². The third-order valence-electron chi connectivity index (χ3n) is 3.44. The fourth-order valence-electron chi connectivity index (χ4n) is 2.55. The maximum atomic E-state index is 11.0. The van der Waals surface area contributed by atoms with Crippen molar-refractivity contribution in [2.45, 2.75) is 12.8 Å². The molecule has 3 rings (SSSR count). The zero-order valence-corrected chi connectivity index (χ0v) is 9.44. The summed E-state index contributed by atoms with van der Waals surface area (Å²) in [6.07, 6.45) is 0.751. The minimum absolute atomic E-state index is 0.579. The van der Waals surface area contributed by atoms with Crippen molar-refractivity contribution in [3.63, 3.8) is 0 Å². The van der Waals surface area contributed by atoms with Gasteiger partial charge >= 0.3 is 6.09 Å². The molecular formula is C13H14N2O2. The minimum atomic E-state index is -0.820. The van der Waals surface area contributed by atoms with Crippen LogP contribution in [0.2, 0.25) is 0 Å². The van der Waals surface area contributed by atoms with Crippen LogP contribution in [0.4, 0.5) is 4.79 Å². The van der Waals surface area contributed by atoms with Gasteiger partial charge in [-0.2, -0.15) is 0 Å². The first kappa shape index (κ1) is 10.2. The zero-order valence-electron chi connectivity index (χ0n) is 9.44. The van der Waals surface area contributed by atoms with Crippen molar-refractivity contribution in [3.05, 3.63) is 35.5 Å². The molecule has 4 nitrogen and oxygen atoms in total. The molecule has 0 aliphatic carbocycles. The van der Waals surface area contributed by atoms with Crippen LogP contribution in [0.5, 0.6) is 0 Å². The molecule has 4 heteroatoms. The molecule has 1 aromatic carbocycles. The number of carboxylic acid groups (broad SMARTS) is 1. The molecule has 2 aromatic rings. The molecule has 1 aromatic heterocycles. The largest absolute Gasteiger partial charge is 0.465 e. The van der Waals surface area contributed by atoms with E-state index in [1.165, 1.54) is 21.5 Å². The second-order valence-electron chi connectivity index (χ2n) is 4.40. The number of nitrogens with zero attached hydrogens (tertiary/aromatic N) is 1. The lowest BCUT2D eigenvalue weighted by Crippen LogP contribution is -2.31. The van der Waals surface area contributed by atoms with Gasteiger partial charge in [0.25, 0.3) is 0 Å². The molecule has 0 fully saturated rings. The van der Waals surface area contributed by atoms with Crippen LogP contribution in [0.25, 0.3) is 10.9 Å². The highest BCUT2D eigenvalue weighted by Crippen LogP contribution is 2.25. The predicted octanol–water partition coefficient (Wildman–Crippen LogP) is 2.25. The third kappa shape index (κ3) is 1.65. The van der Waals surface area contributed by atoms with Gasteiger partial charge in [0.2, 0.25) is 0 Å². The lowest BCUT2D eigenvalue weighted by Gasteiger charge is -2.15. The fourth-order valence-corrected chi connectivity index (χ4v) is 2.55. The Balaban J connectivity index is 2.01. The van der Waals surface area contributed by atoms with Gasteiger partial charge < -0.3 is 15.0 Å². The van der Waals surface area contributed by atoms with Crippen molar-refractivity contribution < 1.29 is 9.90 Å². The standard InChI is InChI=1S/C13H14N2O2/c16-13(17)15-7-5-10-9-3-1-2-4-11(9)14-12(10)6-8-15/h1-4,14H,5-8H2,(H,16,17). The Morgan fingerprint density at radius 3 is 2.82 bits per heavy atom. The highest BCUT2D eigenvalue weighted by molar-refractivity contribution is 5.84. The number of aromatic amines is 1. The van der Waals surface area contributed by atoms with E-state index in [4.69, 9.17) is 5.11 Å². The second-order valence-corrected chi connectivity index (χ2v) is 4.40. The monoisotopic (exact) mass is 230 g/mol. The predicted molar refractivity (Wildman–Crippen MR) is 65.3 cm³/mol. The van der Waals surface area contributed by atoms with Crippen LogP contribution in [0, 0.1) is 0 Å². The van der Waals surface area contributed by atoms with E-state index < -0.39 is 6.09 Å². The lowest BCUT2D eigenvalue weighted by molar-refractivity contribution is 0.147. The summed E-state index contributed by atoms with van der Waals surface area (Å²) in [5.41, 5.74) is 3.63. The number of benzene rings is 1. The Kier molecular flexibility index (Phi) is 2.28. The van der Waals surface area contributed by atoms with Gasteiger partial charge in [0, 0.05) is 36.1 Å². The number of amides is 1. The number of carbonyl (C=O) groups is 1. The summed E-state index contributed by atoms with van der Waals surface area (Å²) >= 11 is 0. The number of fused-ring (bicyclic) bond motifs is 3. The van der Waals surface area contributed by atoms with Gasteiger partial charge in [-0.05, 0) is 18.1 Å². The first-order valence-corrected chi connectivity index (χ1v) is 5.82. The zero-order chi connectivity index (χ0) is 11.8. The SMILES string of the molecule is O=C(O)N1CCc2[nH]c3ccccc3c2CC1. The number of para-hydroxylation sites is 1. The maximum Gasteiger partial charge on any atom is 0.407 e. The van der Waals surface area contributed by atoms with Crippen molar-refractivity contribution in [3.8, 4) is 0 Å². The number of hydrogen-bond donors (Lipinski definition) is 2. The van der Waals surface area contributed by atoms with Crippen molar-refractivity contribution in [1.82, 2.24) is 9.88 Å². The van der Waals surface area contributed by atoms with Crippen LogP contribution in [0.1, 0.15) is 11.3 Å². The molecule has 17 heavy (non-hydrogen) atoms. The van der Waals surface area contributed by atoms with E-state index in [0.717, 1.165) is 18.4 Å². The average Bonchev–Trinajstić information content (AvgIpc) is 2.53. The van der Waals surface area contributed by atoms with E-state index in [9.17, 15) is 4.79 Å². The number of H-pyrrole nitrogens is 1.